The maximum Gasteiger partial charge on any atom is 0.233 e. The summed E-state index contributed by atoms with van der Waals surface area (Å²) in [5.74, 6) is 0.609. The van der Waals surface area contributed by atoms with E-state index in [2.05, 4.69) is 41.5 Å². The van der Waals surface area contributed by atoms with E-state index in [-0.39, 0.29) is 5.91 Å². The molecular formula is C18H28ClN3O. The van der Waals surface area contributed by atoms with Gasteiger partial charge in [-0.1, -0.05) is 37.6 Å². The molecule has 1 fully saturated rings. The number of carbonyl (C=O) groups excluding carboxylic acids is 1. The molecule has 1 heterocycles. The Hall–Kier alpha value is -1.10. The smallest absolute Gasteiger partial charge is 0.233 e. The van der Waals surface area contributed by atoms with E-state index in [1.54, 1.807) is 7.05 Å². The topological polar surface area (TPSA) is 44.4 Å². The molecule has 4 nitrogen and oxygen atoms in total. The van der Waals surface area contributed by atoms with E-state index in [9.17, 15) is 4.79 Å². The van der Waals surface area contributed by atoms with Gasteiger partial charge < -0.3 is 10.6 Å². The highest BCUT2D eigenvalue weighted by Crippen LogP contribution is 2.25. The molecular weight excluding hydrogens is 310 g/mol. The lowest BCUT2D eigenvalue weighted by molar-refractivity contribution is -0.122. The Bertz CT molecular complexity index is 495. The Morgan fingerprint density at radius 3 is 2.39 bits per heavy atom. The molecule has 1 aromatic carbocycles. The van der Waals surface area contributed by atoms with Gasteiger partial charge in [0.15, 0.2) is 0 Å². The number of piperidine rings is 1. The Labute approximate surface area is 144 Å². The first-order valence-corrected chi connectivity index (χ1v) is 8.82. The van der Waals surface area contributed by atoms with Crippen molar-refractivity contribution in [2.75, 3.05) is 26.7 Å². The predicted octanol–water partition coefficient (Wildman–Crippen LogP) is 2.84. The van der Waals surface area contributed by atoms with Crippen LogP contribution in [0.3, 0.4) is 0 Å². The van der Waals surface area contributed by atoms with Crippen LogP contribution in [0.5, 0.6) is 0 Å². The second kappa shape index (κ2) is 8.67. The minimum atomic E-state index is 0.0950. The van der Waals surface area contributed by atoms with Crippen molar-refractivity contribution in [1.29, 1.82) is 0 Å². The van der Waals surface area contributed by atoms with Gasteiger partial charge in [-0.2, -0.15) is 0 Å². The Kier molecular flexibility index (Phi) is 6.88. The molecule has 0 spiro atoms. The largest absolute Gasteiger partial charge is 0.358 e. The van der Waals surface area contributed by atoms with E-state index in [0.29, 0.717) is 24.5 Å². The number of rotatable bonds is 6. The molecule has 0 radical (unpaired) electrons. The zero-order valence-corrected chi connectivity index (χ0v) is 15.1. The van der Waals surface area contributed by atoms with Crippen molar-refractivity contribution in [2.45, 2.75) is 38.8 Å². The first-order chi connectivity index (χ1) is 11.0. The lowest BCUT2D eigenvalue weighted by Crippen LogP contribution is -2.47. The number of hydrogen-bond acceptors (Lipinski definition) is 3. The zero-order valence-electron chi connectivity index (χ0n) is 14.3. The van der Waals surface area contributed by atoms with Gasteiger partial charge >= 0.3 is 0 Å². The van der Waals surface area contributed by atoms with Crippen LogP contribution in [0, 0.1) is 5.92 Å². The van der Waals surface area contributed by atoms with Crippen LogP contribution in [0.15, 0.2) is 24.3 Å². The summed E-state index contributed by atoms with van der Waals surface area (Å²) >= 11 is 6.00. The molecule has 2 rings (SSSR count). The lowest BCUT2D eigenvalue weighted by Gasteiger charge is -2.35. The van der Waals surface area contributed by atoms with Gasteiger partial charge in [-0.25, -0.2) is 0 Å². The van der Waals surface area contributed by atoms with Crippen molar-refractivity contribution in [3.05, 3.63) is 34.9 Å². The van der Waals surface area contributed by atoms with Gasteiger partial charge in [-0.3, -0.25) is 9.69 Å². The van der Waals surface area contributed by atoms with Gasteiger partial charge in [0, 0.05) is 37.2 Å². The number of carbonyl (C=O) groups is 1. The number of likely N-dealkylation sites (N-methyl/N-ethyl adjacent to an activating group) is 1. The van der Waals surface area contributed by atoms with Crippen molar-refractivity contribution < 1.29 is 4.79 Å². The fraction of sp³-hybridized carbons (Fsp3) is 0.611. The van der Waals surface area contributed by atoms with Gasteiger partial charge in [0.25, 0.3) is 0 Å². The highest BCUT2D eigenvalue weighted by atomic mass is 35.5. The van der Waals surface area contributed by atoms with Crippen molar-refractivity contribution >= 4 is 17.5 Å². The van der Waals surface area contributed by atoms with Gasteiger partial charge in [0.05, 0.1) is 6.54 Å². The molecule has 0 bridgehead atoms. The Morgan fingerprint density at radius 2 is 1.87 bits per heavy atom. The van der Waals surface area contributed by atoms with Crippen LogP contribution in [0.2, 0.25) is 5.02 Å². The average molecular weight is 338 g/mol. The number of nitrogens with one attached hydrogen (secondary N) is 2. The van der Waals surface area contributed by atoms with Crippen LogP contribution in [-0.4, -0.2) is 43.5 Å². The third kappa shape index (κ3) is 5.48. The fourth-order valence-electron chi connectivity index (χ4n) is 3.14. The summed E-state index contributed by atoms with van der Waals surface area (Å²) in [6.07, 6.45) is 2.15. The number of benzene rings is 1. The zero-order chi connectivity index (χ0) is 16.8. The van der Waals surface area contributed by atoms with Crippen LogP contribution in [0.4, 0.5) is 0 Å². The van der Waals surface area contributed by atoms with E-state index < -0.39 is 0 Å². The number of nitrogens with zero attached hydrogens (tertiary/aromatic N) is 1. The van der Waals surface area contributed by atoms with Crippen molar-refractivity contribution in [3.63, 3.8) is 0 Å². The standard InChI is InChI=1S/C18H28ClN3O/c1-13(2)18(14-4-6-15(19)7-5-14)21-16-8-10-22(11-9-16)12-17(23)20-3/h4-7,13,16,18,21H,8-12H2,1-3H3,(H,20,23)/t18-/m0/s1. The Morgan fingerprint density at radius 1 is 1.26 bits per heavy atom. The molecule has 1 saturated heterocycles. The number of halogens is 1. The van der Waals surface area contributed by atoms with Crippen LogP contribution in [-0.2, 0) is 4.79 Å². The summed E-state index contributed by atoms with van der Waals surface area (Å²) in [6, 6.07) is 8.98. The predicted molar refractivity (Wildman–Crippen MR) is 95.7 cm³/mol. The summed E-state index contributed by atoms with van der Waals surface area (Å²) < 4.78 is 0. The third-order valence-corrected chi connectivity index (χ3v) is 4.80. The monoisotopic (exact) mass is 337 g/mol. The second-order valence-corrected chi connectivity index (χ2v) is 7.10. The van der Waals surface area contributed by atoms with E-state index in [0.717, 1.165) is 31.0 Å². The summed E-state index contributed by atoms with van der Waals surface area (Å²) in [4.78, 5) is 13.7. The molecule has 0 saturated carbocycles. The molecule has 128 valence electrons. The maximum atomic E-state index is 11.5. The summed E-state index contributed by atoms with van der Waals surface area (Å²) in [5.41, 5.74) is 1.29. The molecule has 1 atom stereocenters. The van der Waals surface area contributed by atoms with Crippen molar-refractivity contribution in [3.8, 4) is 0 Å². The van der Waals surface area contributed by atoms with Gasteiger partial charge in [0.1, 0.15) is 0 Å². The van der Waals surface area contributed by atoms with Crippen molar-refractivity contribution in [2.24, 2.45) is 5.92 Å². The highest BCUT2D eigenvalue weighted by molar-refractivity contribution is 6.30. The molecule has 1 aliphatic rings. The van der Waals surface area contributed by atoms with E-state index >= 15 is 0 Å². The maximum absolute atomic E-state index is 11.5. The fourth-order valence-corrected chi connectivity index (χ4v) is 3.26. The minimum Gasteiger partial charge on any atom is -0.358 e. The van der Waals surface area contributed by atoms with E-state index in [4.69, 9.17) is 11.6 Å². The van der Waals surface area contributed by atoms with Crippen LogP contribution in [0.25, 0.3) is 0 Å². The first-order valence-electron chi connectivity index (χ1n) is 8.44. The highest BCUT2D eigenvalue weighted by Gasteiger charge is 2.24. The molecule has 1 aliphatic heterocycles. The summed E-state index contributed by atoms with van der Waals surface area (Å²) in [7, 11) is 1.69. The second-order valence-electron chi connectivity index (χ2n) is 6.66. The van der Waals surface area contributed by atoms with Crippen LogP contribution < -0.4 is 10.6 Å². The Balaban J connectivity index is 1.90. The minimum absolute atomic E-state index is 0.0950. The summed E-state index contributed by atoms with van der Waals surface area (Å²) in [6.45, 7) is 6.93. The third-order valence-electron chi connectivity index (χ3n) is 4.54. The van der Waals surface area contributed by atoms with Crippen LogP contribution >= 0.6 is 11.6 Å². The number of hydrogen-bond donors (Lipinski definition) is 2. The quantitative estimate of drug-likeness (QED) is 0.839. The molecule has 0 aliphatic carbocycles. The molecule has 23 heavy (non-hydrogen) atoms. The summed E-state index contributed by atoms with van der Waals surface area (Å²) in [5, 5.41) is 7.27. The van der Waals surface area contributed by atoms with Gasteiger partial charge in [0.2, 0.25) is 5.91 Å². The normalized spacial score (nSPS) is 18.1. The van der Waals surface area contributed by atoms with E-state index in [1.807, 2.05) is 12.1 Å². The van der Waals surface area contributed by atoms with Gasteiger partial charge in [-0.15, -0.1) is 0 Å². The molecule has 1 amide bonds. The van der Waals surface area contributed by atoms with Gasteiger partial charge in [-0.05, 0) is 36.5 Å². The molecule has 1 aromatic rings. The molecule has 0 aromatic heterocycles. The van der Waals surface area contributed by atoms with E-state index in [1.165, 1.54) is 5.56 Å². The SMILES string of the molecule is CNC(=O)CN1CCC(N[C@H](c2ccc(Cl)cc2)C(C)C)CC1. The molecule has 0 unspecified atom stereocenters. The molecule has 5 heteroatoms. The van der Waals surface area contributed by atoms with Crippen molar-refractivity contribution in [1.82, 2.24) is 15.5 Å². The molecule has 2 N–H and O–H groups in total. The average Bonchev–Trinajstić information content (AvgIpc) is 2.54. The first kappa shape index (κ1) is 18.2. The van der Waals surface area contributed by atoms with Crippen LogP contribution in [0.1, 0.15) is 38.3 Å². The number of likely N-dealkylation sites (tertiary alicyclic amines) is 1. The number of amides is 1. The lowest BCUT2D eigenvalue weighted by atomic mass is 9.93.